The number of nitrogens with one attached hydrogen (secondary N) is 1. The van der Waals surface area contributed by atoms with E-state index in [1.54, 1.807) is 0 Å². The van der Waals surface area contributed by atoms with Crippen molar-refractivity contribution in [1.29, 1.82) is 0 Å². The minimum atomic E-state index is -0.937. The summed E-state index contributed by atoms with van der Waals surface area (Å²) in [4.78, 5) is 10.1. The van der Waals surface area contributed by atoms with Crippen LogP contribution in [0.3, 0.4) is 0 Å². The number of alkyl halides is 2. The lowest BCUT2D eigenvalue weighted by atomic mass is 10.1. The standard InChI is InChI=1S/C13H25Cl2NO/c1-2-3-4-5-6-7-8-9-10-11-16-13(17)12(14)15/h12H,2-11H2,1H3,(H,16,17). The van der Waals surface area contributed by atoms with Crippen molar-refractivity contribution in [3.8, 4) is 0 Å². The molecule has 0 radical (unpaired) electrons. The van der Waals surface area contributed by atoms with Crippen LogP contribution in [0, 0.1) is 0 Å². The second kappa shape index (κ2) is 12.5. The number of rotatable bonds is 11. The number of hydrogen-bond acceptors (Lipinski definition) is 1. The molecule has 0 aliphatic carbocycles. The molecule has 0 saturated heterocycles. The normalized spacial score (nSPS) is 10.8. The summed E-state index contributed by atoms with van der Waals surface area (Å²) >= 11 is 10.8. The first-order valence-electron chi connectivity index (χ1n) is 6.74. The third-order valence-electron chi connectivity index (χ3n) is 2.78. The molecule has 0 fully saturated rings. The number of hydrogen-bond donors (Lipinski definition) is 1. The summed E-state index contributed by atoms with van der Waals surface area (Å²) < 4.78 is 0. The minimum Gasteiger partial charge on any atom is -0.354 e. The molecule has 0 aliphatic rings. The topological polar surface area (TPSA) is 29.1 Å². The molecule has 0 unspecified atom stereocenters. The van der Waals surface area contributed by atoms with Crippen LogP contribution in [0.2, 0.25) is 0 Å². The highest BCUT2D eigenvalue weighted by molar-refractivity contribution is 6.53. The van der Waals surface area contributed by atoms with Crippen molar-refractivity contribution in [3.05, 3.63) is 0 Å². The average Bonchev–Trinajstić information content (AvgIpc) is 2.31. The molecule has 1 amide bonds. The Morgan fingerprint density at radius 2 is 1.41 bits per heavy atom. The predicted molar refractivity (Wildman–Crippen MR) is 75.7 cm³/mol. The van der Waals surface area contributed by atoms with E-state index in [2.05, 4.69) is 12.2 Å². The van der Waals surface area contributed by atoms with E-state index in [-0.39, 0.29) is 5.91 Å². The lowest BCUT2D eigenvalue weighted by Gasteiger charge is -2.05. The number of carbonyl (C=O) groups excluding carboxylic acids is 1. The number of halogens is 2. The number of carbonyl (C=O) groups is 1. The summed E-state index contributed by atoms with van der Waals surface area (Å²) in [6.07, 6.45) is 11.5. The minimum absolute atomic E-state index is 0.284. The van der Waals surface area contributed by atoms with E-state index < -0.39 is 4.84 Å². The van der Waals surface area contributed by atoms with E-state index in [0.717, 1.165) is 6.42 Å². The fourth-order valence-electron chi connectivity index (χ4n) is 1.72. The van der Waals surface area contributed by atoms with Gasteiger partial charge in [0.2, 0.25) is 0 Å². The van der Waals surface area contributed by atoms with Gasteiger partial charge >= 0.3 is 0 Å². The molecule has 2 nitrogen and oxygen atoms in total. The van der Waals surface area contributed by atoms with Crippen LogP contribution in [0.25, 0.3) is 0 Å². The molecule has 0 aromatic rings. The summed E-state index contributed by atoms with van der Waals surface area (Å²) in [7, 11) is 0. The summed E-state index contributed by atoms with van der Waals surface area (Å²) in [5, 5.41) is 2.70. The number of amides is 1. The molecule has 0 heterocycles. The van der Waals surface area contributed by atoms with Crippen molar-refractivity contribution in [2.24, 2.45) is 0 Å². The van der Waals surface area contributed by atoms with Gasteiger partial charge in [-0.3, -0.25) is 4.79 Å². The van der Waals surface area contributed by atoms with Gasteiger partial charge in [-0.2, -0.15) is 0 Å². The van der Waals surface area contributed by atoms with Crippen molar-refractivity contribution in [1.82, 2.24) is 5.32 Å². The lowest BCUT2D eigenvalue weighted by Crippen LogP contribution is -2.29. The van der Waals surface area contributed by atoms with E-state index >= 15 is 0 Å². The Balaban J connectivity index is 3.06. The van der Waals surface area contributed by atoms with Crippen molar-refractivity contribution in [2.45, 2.75) is 69.5 Å². The lowest BCUT2D eigenvalue weighted by molar-refractivity contribution is -0.119. The fraction of sp³-hybridized carbons (Fsp3) is 0.923. The zero-order valence-electron chi connectivity index (χ0n) is 10.8. The van der Waals surface area contributed by atoms with Crippen LogP contribution in [-0.4, -0.2) is 17.3 Å². The third kappa shape index (κ3) is 12.3. The molecule has 0 atom stereocenters. The summed E-state index contributed by atoms with van der Waals surface area (Å²) in [6, 6.07) is 0. The molecular weight excluding hydrogens is 257 g/mol. The van der Waals surface area contributed by atoms with Crippen LogP contribution >= 0.6 is 23.2 Å². The van der Waals surface area contributed by atoms with Gasteiger partial charge in [0.15, 0.2) is 4.84 Å². The van der Waals surface area contributed by atoms with Gasteiger partial charge in [0.1, 0.15) is 0 Å². The van der Waals surface area contributed by atoms with Gasteiger partial charge in [-0.05, 0) is 6.42 Å². The molecule has 1 N–H and O–H groups in total. The van der Waals surface area contributed by atoms with Gasteiger partial charge in [0.25, 0.3) is 5.91 Å². The monoisotopic (exact) mass is 281 g/mol. The van der Waals surface area contributed by atoms with Crippen LogP contribution < -0.4 is 5.32 Å². The van der Waals surface area contributed by atoms with Gasteiger partial charge < -0.3 is 5.32 Å². The van der Waals surface area contributed by atoms with E-state index in [1.165, 1.54) is 51.4 Å². The first-order valence-corrected chi connectivity index (χ1v) is 7.61. The Kier molecular flexibility index (Phi) is 12.5. The van der Waals surface area contributed by atoms with Crippen LogP contribution in [0.4, 0.5) is 0 Å². The second-order valence-corrected chi connectivity index (χ2v) is 5.52. The Morgan fingerprint density at radius 1 is 0.941 bits per heavy atom. The van der Waals surface area contributed by atoms with Crippen molar-refractivity contribution >= 4 is 29.1 Å². The molecule has 0 bridgehead atoms. The SMILES string of the molecule is CCCCCCCCCCCNC(=O)C(Cl)Cl. The third-order valence-corrected chi connectivity index (χ3v) is 3.17. The van der Waals surface area contributed by atoms with Crippen LogP contribution in [0.15, 0.2) is 0 Å². The highest BCUT2D eigenvalue weighted by Gasteiger charge is 2.09. The van der Waals surface area contributed by atoms with Crippen molar-refractivity contribution < 1.29 is 4.79 Å². The fourth-order valence-corrected chi connectivity index (χ4v) is 1.88. The first-order chi connectivity index (χ1) is 8.18. The molecule has 102 valence electrons. The second-order valence-electron chi connectivity index (χ2n) is 4.42. The number of unbranched alkanes of at least 4 members (excludes halogenated alkanes) is 8. The maximum absolute atomic E-state index is 11.0. The zero-order valence-corrected chi connectivity index (χ0v) is 12.3. The summed E-state index contributed by atoms with van der Waals surface area (Å²) in [6.45, 7) is 2.92. The van der Waals surface area contributed by atoms with Crippen molar-refractivity contribution in [3.63, 3.8) is 0 Å². The molecule has 0 aromatic carbocycles. The van der Waals surface area contributed by atoms with E-state index in [4.69, 9.17) is 23.2 Å². The van der Waals surface area contributed by atoms with Gasteiger partial charge in [-0.15, -0.1) is 0 Å². The largest absolute Gasteiger partial charge is 0.354 e. The van der Waals surface area contributed by atoms with Crippen LogP contribution in [0.1, 0.15) is 64.7 Å². The maximum Gasteiger partial charge on any atom is 0.253 e. The molecule has 17 heavy (non-hydrogen) atoms. The highest BCUT2D eigenvalue weighted by Crippen LogP contribution is 2.09. The van der Waals surface area contributed by atoms with Gasteiger partial charge in [0.05, 0.1) is 0 Å². The average molecular weight is 282 g/mol. The van der Waals surface area contributed by atoms with Crippen LogP contribution in [-0.2, 0) is 4.79 Å². The van der Waals surface area contributed by atoms with Crippen LogP contribution in [0.5, 0.6) is 0 Å². The zero-order chi connectivity index (χ0) is 12.9. The van der Waals surface area contributed by atoms with Gasteiger partial charge in [-0.25, -0.2) is 0 Å². The summed E-state index contributed by atoms with van der Waals surface area (Å²) in [5.74, 6) is -0.284. The molecular formula is C13H25Cl2NO. The first kappa shape index (κ1) is 17.1. The predicted octanol–water partition coefficient (Wildman–Crippen LogP) is 4.44. The molecule has 0 saturated carbocycles. The highest BCUT2D eigenvalue weighted by atomic mass is 35.5. The molecule has 0 rings (SSSR count). The van der Waals surface area contributed by atoms with Crippen molar-refractivity contribution in [2.75, 3.05) is 6.54 Å². The summed E-state index contributed by atoms with van der Waals surface area (Å²) in [5.41, 5.74) is 0. The molecule has 0 aliphatic heterocycles. The maximum atomic E-state index is 11.0. The Bertz CT molecular complexity index is 186. The van der Waals surface area contributed by atoms with Gasteiger partial charge in [0, 0.05) is 6.54 Å². The quantitative estimate of drug-likeness (QED) is 0.440. The Hall–Kier alpha value is 0.0500. The molecule has 0 aromatic heterocycles. The Labute approximate surface area is 115 Å². The molecule has 0 spiro atoms. The molecule has 4 heteroatoms. The van der Waals surface area contributed by atoms with E-state index in [9.17, 15) is 4.79 Å². The van der Waals surface area contributed by atoms with E-state index in [0.29, 0.717) is 6.54 Å². The van der Waals surface area contributed by atoms with Gasteiger partial charge in [-0.1, -0.05) is 81.5 Å². The smallest absolute Gasteiger partial charge is 0.253 e. The Morgan fingerprint density at radius 3 is 1.88 bits per heavy atom. The van der Waals surface area contributed by atoms with E-state index in [1.807, 2.05) is 0 Å².